The van der Waals surface area contributed by atoms with Crippen molar-refractivity contribution in [3.05, 3.63) is 47.9 Å². The number of hydrogen-bond donors (Lipinski definition) is 1. The molecule has 1 heterocycles. The van der Waals surface area contributed by atoms with Crippen LogP contribution >= 0.6 is 0 Å². The molecule has 0 saturated heterocycles. The number of hydrogen-bond acceptors (Lipinski definition) is 3. The summed E-state index contributed by atoms with van der Waals surface area (Å²) in [7, 11) is 1.46. The molecule has 0 saturated carbocycles. The van der Waals surface area contributed by atoms with Crippen LogP contribution in [-0.4, -0.2) is 23.2 Å². The molecule has 0 aliphatic carbocycles. The lowest BCUT2D eigenvalue weighted by Crippen LogP contribution is -2.02. The van der Waals surface area contributed by atoms with E-state index >= 15 is 0 Å². The number of benzene rings is 1. The van der Waals surface area contributed by atoms with Crippen molar-refractivity contribution in [3.63, 3.8) is 0 Å². The van der Waals surface area contributed by atoms with Crippen LogP contribution in [-0.2, 0) is 11.2 Å². The summed E-state index contributed by atoms with van der Waals surface area (Å²) in [6, 6.07) is 7.63. The van der Waals surface area contributed by atoms with Crippen LogP contribution in [0.15, 0.2) is 36.5 Å². The quantitative estimate of drug-likeness (QED) is 0.918. The third kappa shape index (κ3) is 3.07. The molecule has 2 aromatic rings. The number of aromatic nitrogens is 1. The summed E-state index contributed by atoms with van der Waals surface area (Å²) in [4.78, 5) is 14.8. The Morgan fingerprint density at radius 1 is 1.42 bits per heavy atom. The van der Waals surface area contributed by atoms with Crippen molar-refractivity contribution < 1.29 is 19.0 Å². The zero-order valence-electron chi connectivity index (χ0n) is 10.3. The van der Waals surface area contributed by atoms with Crippen molar-refractivity contribution in [2.45, 2.75) is 6.42 Å². The molecule has 0 aliphatic rings. The molecule has 0 amide bonds. The van der Waals surface area contributed by atoms with Gasteiger partial charge in [0.2, 0.25) is 5.88 Å². The van der Waals surface area contributed by atoms with Gasteiger partial charge in [-0.05, 0) is 29.3 Å². The van der Waals surface area contributed by atoms with Crippen LogP contribution in [0.5, 0.6) is 5.88 Å². The van der Waals surface area contributed by atoms with Crippen LogP contribution in [0.3, 0.4) is 0 Å². The zero-order chi connectivity index (χ0) is 13.8. The Morgan fingerprint density at radius 3 is 2.84 bits per heavy atom. The van der Waals surface area contributed by atoms with Crippen LogP contribution < -0.4 is 4.74 Å². The fraction of sp³-hybridized carbons (Fsp3) is 0.143. The minimum atomic E-state index is -0.947. The minimum absolute atomic E-state index is 0.140. The second-order valence-electron chi connectivity index (χ2n) is 3.98. The molecule has 0 atom stereocenters. The van der Waals surface area contributed by atoms with Crippen molar-refractivity contribution in [2.75, 3.05) is 7.11 Å². The highest BCUT2D eigenvalue weighted by atomic mass is 19.1. The molecule has 0 spiro atoms. The van der Waals surface area contributed by atoms with Gasteiger partial charge in [-0.15, -0.1) is 0 Å². The van der Waals surface area contributed by atoms with Gasteiger partial charge in [0, 0.05) is 11.8 Å². The topological polar surface area (TPSA) is 59.4 Å². The van der Waals surface area contributed by atoms with Gasteiger partial charge in [-0.3, -0.25) is 4.79 Å². The number of rotatable bonds is 4. The fourth-order valence-electron chi connectivity index (χ4n) is 1.79. The standard InChI is InChI=1S/C14H12FNO3/c1-19-14-12(10-3-2-4-11(15)7-10)5-9(8-16-14)6-13(17)18/h2-5,7-8H,6H2,1H3,(H,17,18). The fourth-order valence-corrected chi connectivity index (χ4v) is 1.79. The molecule has 2 rings (SSSR count). The number of nitrogens with zero attached hydrogens (tertiary/aromatic N) is 1. The number of ether oxygens (including phenoxy) is 1. The summed E-state index contributed by atoms with van der Waals surface area (Å²) < 4.78 is 18.4. The van der Waals surface area contributed by atoms with Gasteiger partial charge in [-0.25, -0.2) is 9.37 Å². The lowest BCUT2D eigenvalue weighted by molar-refractivity contribution is -0.136. The van der Waals surface area contributed by atoms with E-state index in [0.717, 1.165) is 0 Å². The average Bonchev–Trinajstić information content (AvgIpc) is 2.38. The highest BCUT2D eigenvalue weighted by molar-refractivity contribution is 5.73. The Hall–Kier alpha value is -2.43. The number of halogens is 1. The Kier molecular flexibility index (Phi) is 3.75. The number of carbonyl (C=O) groups is 1. The molecule has 0 fully saturated rings. The normalized spacial score (nSPS) is 10.2. The molecule has 1 aromatic heterocycles. The first-order valence-electron chi connectivity index (χ1n) is 5.61. The molecular weight excluding hydrogens is 249 g/mol. The third-order valence-corrected chi connectivity index (χ3v) is 2.59. The molecule has 0 aliphatic heterocycles. The zero-order valence-corrected chi connectivity index (χ0v) is 10.3. The van der Waals surface area contributed by atoms with Crippen LogP contribution in [0, 0.1) is 5.82 Å². The van der Waals surface area contributed by atoms with Crippen molar-refractivity contribution in [1.29, 1.82) is 0 Å². The Bertz CT molecular complexity index is 613. The monoisotopic (exact) mass is 261 g/mol. The number of pyridine rings is 1. The van der Waals surface area contributed by atoms with E-state index in [-0.39, 0.29) is 12.2 Å². The first-order chi connectivity index (χ1) is 9.10. The van der Waals surface area contributed by atoms with Gasteiger partial charge in [-0.2, -0.15) is 0 Å². The number of aliphatic carboxylic acids is 1. The van der Waals surface area contributed by atoms with Crippen molar-refractivity contribution >= 4 is 5.97 Å². The van der Waals surface area contributed by atoms with Crippen LogP contribution in [0.4, 0.5) is 4.39 Å². The van der Waals surface area contributed by atoms with Crippen LogP contribution in [0.2, 0.25) is 0 Å². The maximum atomic E-state index is 13.2. The number of methoxy groups -OCH3 is 1. The SMILES string of the molecule is COc1ncc(CC(=O)O)cc1-c1cccc(F)c1. The maximum Gasteiger partial charge on any atom is 0.307 e. The van der Waals surface area contributed by atoms with Gasteiger partial charge in [0.15, 0.2) is 0 Å². The van der Waals surface area contributed by atoms with Gasteiger partial charge < -0.3 is 9.84 Å². The number of carboxylic acid groups (broad SMARTS) is 1. The predicted octanol–water partition coefficient (Wildman–Crippen LogP) is 2.52. The van der Waals surface area contributed by atoms with E-state index < -0.39 is 5.97 Å². The largest absolute Gasteiger partial charge is 0.481 e. The van der Waals surface area contributed by atoms with Crippen molar-refractivity contribution in [2.24, 2.45) is 0 Å². The maximum absolute atomic E-state index is 13.2. The molecule has 1 N–H and O–H groups in total. The lowest BCUT2D eigenvalue weighted by Gasteiger charge is -2.09. The van der Waals surface area contributed by atoms with Gasteiger partial charge in [0.05, 0.1) is 13.5 Å². The van der Waals surface area contributed by atoms with Gasteiger partial charge in [0.25, 0.3) is 0 Å². The van der Waals surface area contributed by atoms with Gasteiger partial charge in [-0.1, -0.05) is 12.1 Å². The lowest BCUT2D eigenvalue weighted by atomic mass is 10.0. The molecule has 4 nitrogen and oxygen atoms in total. The van der Waals surface area contributed by atoms with E-state index in [2.05, 4.69) is 4.98 Å². The summed E-state index contributed by atoms with van der Waals surface area (Å²) in [5.41, 5.74) is 1.70. The highest BCUT2D eigenvalue weighted by Crippen LogP contribution is 2.29. The Balaban J connectivity index is 2.49. The molecule has 0 radical (unpaired) electrons. The summed E-state index contributed by atoms with van der Waals surface area (Å²) in [6.45, 7) is 0. The summed E-state index contributed by atoms with van der Waals surface area (Å²) in [6.07, 6.45) is 1.30. The van der Waals surface area contributed by atoms with E-state index in [1.54, 1.807) is 18.2 Å². The van der Waals surface area contributed by atoms with E-state index in [1.165, 1.54) is 25.4 Å². The van der Waals surface area contributed by atoms with E-state index in [0.29, 0.717) is 22.6 Å². The van der Waals surface area contributed by atoms with Gasteiger partial charge in [0.1, 0.15) is 5.82 Å². The summed E-state index contributed by atoms with van der Waals surface area (Å²) >= 11 is 0. The first kappa shape index (κ1) is 13.0. The Morgan fingerprint density at radius 2 is 2.21 bits per heavy atom. The molecule has 0 bridgehead atoms. The smallest absolute Gasteiger partial charge is 0.307 e. The minimum Gasteiger partial charge on any atom is -0.481 e. The second-order valence-corrected chi connectivity index (χ2v) is 3.98. The molecule has 1 aromatic carbocycles. The van der Waals surface area contributed by atoms with Gasteiger partial charge >= 0.3 is 5.97 Å². The van der Waals surface area contributed by atoms with E-state index in [4.69, 9.17) is 9.84 Å². The first-order valence-corrected chi connectivity index (χ1v) is 5.61. The third-order valence-electron chi connectivity index (χ3n) is 2.59. The molecular formula is C14H12FNO3. The Labute approximate surface area is 109 Å². The second kappa shape index (κ2) is 5.48. The number of carboxylic acids is 1. The predicted molar refractivity (Wildman–Crippen MR) is 67.5 cm³/mol. The average molecular weight is 261 g/mol. The molecule has 19 heavy (non-hydrogen) atoms. The van der Waals surface area contributed by atoms with Crippen LogP contribution in [0.1, 0.15) is 5.56 Å². The summed E-state index contributed by atoms with van der Waals surface area (Å²) in [5, 5.41) is 8.78. The molecule has 5 heteroatoms. The molecule has 98 valence electrons. The van der Waals surface area contributed by atoms with E-state index in [1.807, 2.05) is 0 Å². The summed E-state index contributed by atoms with van der Waals surface area (Å²) in [5.74, 6) is -0.986. The van der Waals surface area contributed by atoms with Crippen LogP contribution in [0.25, 0.3) is 11.1 Å². The van der Waals surface area contributed by atoms with Crippen molar-refractivity contribution in [1.82, 2.24) is 4.98 Å². The van der Waals surface area contributed by atoms with Crippen molar-refractivity contribution in [3.8, 4) is 17.0 Å². The highest BCUT2D eigenvalue weighted by Gasteiger charge is 2.11. The van der Waals surface area contributed by atoms with E-state index in [9.17, 15) is 9.18 Å². The molecule has 0 unspecified atom stereocenters.